The number of unbranched alkanes of at least 4 members (excludes halogenated alkanes) is 1. The van der Waals surface area contributed by atoms with Crippen molar-refractivity contribution in [2.45, 2.75) is 25.4 Å². The van der Waals surface area contributed by atoms with E-state index < -0.39 is 18.6 Å². The van der Waals surface area contributed by atoms with Gasteiger partial charge in [0.15, 0.2) is 0 Å². The summed E-state index contributed by atoms with van der Waals surface area (Å²) in [7, 11) is 0. The highest BCUT2D eigenvalue weighted by Crippen LogP contribution is 2.24. The van der Waals surface area contributed by atoms with Crippen molar-refractivity contribution >= 4 is 23.4 Å². The highest BCUT2D eigenvalue weighted by molar-refractivity contribution is 6.35. The Labute approximate surface area is 112 Å². The number of pyridine rings is 1. The van der Waals surface area contributed by atoms with Crippen LogP contribution in [0.15, 0.2) is 12.3 Å². The summed E-state index contributed by atoms with van der Waals surface area (Å²) in [6, 6.07) is 1.25. The molecule has 4 nitrogen and oxygen atoms in total. The molecule has 0 atom stereocenters. The molecule has 0 fully saturated rings. The Bertz CT molecular complexity index is 452. The first-order chi connectivity index (χ1) is 8.81. The molecule has 0 bridgehead atoms. The standard InChI is InChI=1S/C11H12ClF3N2O2/c12-8-7(10(18)19)3-6-17-9(8)16-5-2-1-4-11(13,14)15/h3,6H,1-2,4-5H2,(H,16,17)(H,18,19). The number of aromatic nitrogens is 1. The number of halogens is 4. The molecule has 106 valence electrons. The van der Waals surface area contributed by atoms with E-state index in [0.717, 1.165) is 0 Å². The van der Waals surface area contributed by atoms with Crippen molar-refractivity contribution in [1.82, 2.24) is 4.98 Å². The van der Waals surface area contributed by atoms with Crippen molar-refractivity contribution in [3.8, 4) is 0 Å². The molecule has 0 aromatic carbocycles. The van der Waals surface area contributed by atoms with Gasteiger partial charge in [-0.15, -0.1) is 0 Å². The Hall–Kier alpha value is -1.50. The number of carbonyl (C=O) groups is 1. The molecule has 19 heavy (non-hydrogen) atoms. The average Bonchev–Trinajstić information content (AvgIpc) is 2.28. The van der Waals surface area contributed by atoms with Crippen LogP contribution < -0.4 is 5.32 Å². The van der Waals surface area contributed by atoms with Crippen LogP contribution in [-0.4, -0.2) is 28.8 Å². The molecule has 1 aromatic heterocycles. The number of nitrogens with one attached hydrogen (secondary N) is 1. The van der Waals surface area contributed by atoms with Gasteiger partial charge in [-0.25, -0.2) is 9.78 Å². The third-order valence-corrected chi connectivity index (χ3v) is 2.68. The fraction of sp³-hybridized carbons (Fsp3) is 0.455. The smallest absolute Gasteiger partial charge is 0.389 e. The number of rotatable bonds is 6. The molecule has 1 rings (SSSR count). The molecule has 0 unspecified atom stereocenters. The SMILES string of the molecule is O=C(O)c1ccnc(NCCCCC(F)(F)F)c1Cl. The third kappa shape index (κ3) is 5.34. The Morgan fingerprint density at radius 1 is 1.42 bits per heavy atom. The van der Waals surface area contributed by atoms with Crippen LogP contribution in [0.5, 0.6) is 0 Å². The van der Waals surface area contributed by atoms with E-state index in [-0.39, 0.29) is 35.8 Å². The van der Waals surface area contributed by atoms with Crippen molar-refractivity contribution in [3.05, 3.63) is 22.8 Å². The van der Waals surface area contributed by atoms with Gasteiger partial charge >= 0.3 is 12.1 Å². The largest absolute Gasteiger partial charge is 0.478 e. The summed E-state index contributed by atoms with van der Waals surface area (Å²) in [4.78, 5) is 14.6. The lowest BCUT2D eigenvalue weighted by Crippen LogP contribution is -2.10. The number of carboxylic acids is 1. The number of hydrogen-bond donors (Lipinski definition) is 2. The van der Waals surface area contributed by atoms with Gasteiger partial charge in [-0.2, -0.15) is 13.2 Å². The minimum Gasteiger partial charge on any atom is -0.478 e. The van der Waals surface area contributed by atoms with Crippen molar-refractivity contribution in [3.63, 3.8) is 0 Å². The minimum atomic E-state index is -4.15. The van der Waals surface area contributed by atoms with Crippen molar-refractivity contribution in [1.29, 1.82) is 0 Å². The van der Waals surface area contributed by atoms with Crippen LogP contribution in [0.3, 0.4) is 0 Å². The molecule has 0 saturated heterocycles. The van der Waals surface area contributed by atoms with Crippen LogP contribution in [0.25, 0.3) is 0 Å². The Kier molecular flexibility index (Phi) is 5.41. The second-order valence-electron chi connectivity index (χ2n) is 3.83. The van der Waals surface area contributed by atoms with Crippen LogP contribution in [0.2, 0.25) is 5.02 Å². The second-order valence-corrected chi connectivity index (χ2v) is 4.20. The number of carboxylic acid groups (broad SMARTS) is 1. The van der Waals surface area contributed by atoms with Crippen LogP contribution in [0.1, 0.15) is 29.6 Å². The summed E-state index contributed by atoms with van der Waals surface area (Å²) in [6.45, 7) is 0.242. The molecule has 1 aromatic rings. The quantitative estimate of drug-likeness (QED) is 0.788. The average molecular weight is 297 g/mol. The van der Waals surface area contributed by atoms with Crippen LogP contribution >= 0.6 is 11.6 Å². The molecule has 0 aliphatic rings. The molecule has 0 aliphatic carbocycles. The number of aromatic carboxylic acids is 1. The maximum Gasteiger partial charge on any atom is 0.389 e. The van der Waals surface area contributed by atoms with Gasteiger partial charge < -0.3 is 10.4 Å². The van der Waals surface area contributed by atoms with Crippen LogP contribution in [0, 0.1) is 0 Å². The highest BCUT2D eigenvalue weighted by atomic mass is 35.5. The van der Waals surface area contributed by atoms with E-state index in [1.165, 1.54) is 12.3 Å². The summed E-state index contributed by atoms with van der Waals surface area (Å²) in [5.41, 5.74) is -0.102. The predicted molar refractivity (Wildman–Crippen MR) is 64.6 cm³/mol. The third-order valence-electron chi connectivity index (χ3n) is 2.30. The molecule has 0 amide bonds. The zero-order valence-corrected chi connectivity index (χ0v) is 10.6. The summed E-state index contributed by atoms with van der Waals surface area (Å²) in [5.74, 6) is -1.03. The molecular weight excluding hydrogens is 285 g/mol. The number of hydrogen-bond acceptors (Lipinski definition) is 3. The maximum absolute atomic E-state index is 11.9. The lowest BCUT2D eigenvalue weighted by molar-refractivity contribution is -0.135. The van der Waals surface area contributed by atoms with E-state index >= 15 is 0 Å². The fourth-order valence-corrected chi connectivity index (χ4v) is 1.65. The van der Waals surface area contributed by atoms with Gasteiger partial charge in [0, 0.05) is 19.2 Å². The molecule has 2 N–H and O–H groups in total. The van der Waals surface area contributed by atoms with Crippen molar-refractivity contribution in [2.24, 2.45) is 0 Å². The van der Waals surface area contributed by atoms with Gasteiger partial charge in [-0.3, -0.25) is 0 Å². The van der Waals surface area contributed by atoms with Crippen LogP contribution in [0.4, 0.5) is 19.0 Å². The highest BCUT2D eigenvalue weighted by Gasteiger charge is 2.25. The lowest BCUT2D eigenvalue weighted by Gasteiger charge is -2.09. The Morgan fingerprint density at radius 2 is 2.11 bits per heavy atom. The summed E-state index contributed by atoms with van der Waals surface area (Å²) >= 11 is 5.80. The molecule has 1 heterocycles. The van der Waals surface area contributed by atoms with Crippen molar-refractivity contribution in [2.75, 3.05) is 11.9 Å². The molecule has 8 heteroatoms. The Balaban J connectivity index is 2.46. The summed E-state index contributed by atoms with van der Waals surface area (Å²) < 4.78 is 35.7. The zero-order valence-electron chi connectivity index (χ0n) is 9.80. The van der Waals surface area contributed by atoms with Gasteiger partial charge in [0.05, 0.1) is 10.6 Å². The lowest BCUT2D eigenvalue weighted by atomic mass is 10.2. The molecule has 0 spiro atoms. The maximum atomic E-state index is 11.9. The topological polar surface area (TPSA) is 62.2 Å². The van der Waals surface area contributed by atoms with Crippen LogP contribution in [-0.2, 0) is 0 Å². The molecule has 0 saturated carbocycles. The van der Waals surface area contributed by atoms with Gasteiger partial charge in [0.2, 0.25) is 0 Å². The van der Waals surface area contributed by atoms with E-state index in [0.29, 0.717) is 0 Å². The fourth-order valence-electron chi connectivity index (χ4n) is 1.39. The first kappa shape index (κ1) is 15.6. The van der Waals surface area contributed by atoms with Gasteiger partial charge in [-0.1, -0.05) is 11.6 Å². The van der Waals surface area contributed by atoms with E-state index in [2.05, 4.69) is 10.3 Å². The summed E-state index contributed by atoms with van der Waals surface area (Å²) in [5, 5.41) is 11.5. The Morgan fingerprint density at radius 3 is 2.68 bits per heavy atom. The normalized spacial score (nSPS) is 11.4. The van der Waals surface area contributed by atoms with E-state index in [1.807, 2.05) is 0 Å². The van der Waals surface area contributed by atoms with Gasteiger partial charge in [0.1, 0.15) is 5.82 Å². The van der Waals surface area contributed by atoms with E-state index in [4.69, 9.17) is 16.7 Å². The minimum absolute atomic E-state index is 0.00720. The molecule has 0 aliphatic heterocycles. The number of nitrogens with zero attached hydrogens (tertiary/aromatic N) is 1. The van der Waals surface area contributed by atoms with Gasteiger partial charge in [0.25, 0.3) is 0 Å². The second kappa shape index (κ2) is 6.60. The molecule has 0 radical (unpaired) electrons. The monoisotopic (exact) mass is 296 g/mol. The molecular formula is C11H12ClF3N2O2. The van der Waals surface area contributed by atoms with E-state index in [1.54, 1.807) is 0 Å². The van der Waals surface area contributed by atoms with Crippen molar-refractivity contribution < 1.29 is 23.1 Å². The predicted octanol–water partition coefficient (Wildman–Crippen LogP) is 3.58. The first-order valence-electron chi connectivity index (χ1n) is 5.49. The zero-order chi connectivity index (χ0) is 14.5. The number of anilines is 1. The van der Waals surface area contributed by atoms with Gasteiger partial charge in [-0.05, 0) is 18.9 Å². The van der Waals surface area contributed by atoms with E-state index in [9.17, 15) is 18.0 Å². The number of alkyl halides is 3. The summed E-state index contributed by atoms with van der Waals surface area (Å²) in [6.07, 6.45) is -3.45. The first-order valence-corrected chi connectivity index (χ1v) is 5.87.